The van der Waals surface area contributed by atoms with Gasteiger partial charge in [-0.15, -0.1) is 12.4 Å². The number of rotatable bonds is 5. The minimum absolute atomic E-state index is 0. The van der Waals surface area contributed by atoms with Crippen LogP contribution in [-0.4, -0.2) is 31.1 Å². The Balaban J connectivity index is 0.00000200. The van der Waals surface area contributed by atoms with Crippen molar-refractivity contribution < 1.29 is 8.78 Å². The minimum atomic E-state index is -0.451. The maximum absolute atomic E-state index is 13.7. The highest BCUT2D eigenvalue weighted by Crippen LogP contribution is 2.26. The van der Waals surface area contributed by atoms with Crippen LogP contribution in [-0.2, 0) is 6.54 Å². The molecule has 1 aliphatic rings. The van der Waals surface area contributed by atoms with E-state index in [4.69, 9.17) is 0 Å². The van der Waals surface area contributed by atoms with Gasteiger partial charge in [-0.25, -0.2) is 8.78 Å². The molecule has 1 saturated heterocycles. The molecular weight excluding hydrogens is 282 g/mol. The molecule has 0 saturated carbocycles. The van der Waals surface area contributed by atoms with E-state index >= 15 is 0 Å². The minimum Gasteiger partial charge on any atom is -0.316 e. The van der Waals surface area contributed by atoms with Crippen molar-refractivity contribution in [1.82, 2.24) is 10.2 Å². The average molecular weight is 305 g/mol. The Bertz CT molecular complexity index is 414. The van der Waals surface area contributed by atoms with E-state index in [-0.39, 0.29) is 23.4 Å². The van der Waals surface area contributed by atoms with Gasteiger partial charge in [0.1, 0.15) is 11.6 Å². The highest BCUT2D eigenvalue weighted by atomic mass is 35.5. The van der Waals surface area contributed by atoms with Crippen molar-refractivity contribution in [2.24, 2.45) is 5.41 Å². The third kappa shape index (κ3) is 4.14. The van der Waals surface area contributed by atoms with Gasteiger partial charge in [-0.05, 0) is 37.1 Å². The lowest BCUT2D eigenvalue weighted by Crippen LogP contribution is -2.37. The summed E-state index contributed by atoms with van der Waals surface area (Å²) in [5.74, 6) is -0.902. The summed E-state index contributed by atoms with van der Waals surface area (Å²) in [6.45, 7) is 8.27. The van der Waals surface area contributed by atoms with Gasteiger partial charge in [0.25, 0.3) is 0 Å². The van der Waals surface area contributed by atoms with E-state index in [1.54, 1.807) is 0 Å². The molecule has 1 fully saturated rings. The van der Waals surface area contributed by atoms with Crippen LogP contribution < -0.4 is 5.32 Å². The number of nitrogens with zero attached hydrogens (tertiary/aromatic N) is 1. The highest BCUT2D eigenvalue weighted by molar-refractivity contribution is 5.85. The first-order valence-corrected chi connectivity index (χ1v) is 6.90. The van der Waals surface area contributed by atoms with E-state index in [0.29, 0.717) is 6.54 Å². The van der Waals surface area contributed by atoms with Crippen molar-refractivity contribution in [3.8, 4) is 0 Å². The van der Waals surface area contributed by atoms with Gasteiger partial charge in [0.05, 0.1) is 0 Å². The lowest BCUT2D eigenvalue weighted by atomic mass is 9.89. The Morgan fingerprint density at radius 3 is 2.45 bits per heavy atom. The highest BCUT2D eigenvalue weighted by Gasteiger charge is 2.30. The van der Waals surface area contributed by atoms with Crippen LogP contribution in [0, 0.1) is 17.0 Å². The Hall–Kier alpha value is -0.710. The second-order valence-corrected chi connectivity index (χ2v) is 5.74. The van der Waals surface area contributed by atoms with Crippen LogP contribution in [0.5, 0.6) is 0 Å². The smallest absolute Gasteiger partial charge is 0.130 e. The fourth-order valence-electron chi connectivity index (χ4n) is 2.73. The summed E-state index contributed by atoms with van der Waals surface area (Å²) in [5.41, 5.74) is 0.386. The van der Waals surface area contributed by atoms with E-state index in [9.17, 15) is 8.78 Å². The Kier molecular flexibility index (Phi) is 6.37. The Labute approximate surface area is 126 Å². The summed E-state index contributed by atoms with van der Waals surface area (Å²) in [6.07, 6.45) is 1.11. The van der Waals surface area contributed by atoms with Gasteiger partial charge in [0.15, 0.2) is 0 Å². The first kappa shape index (κ1) is 17.3. The molecule has 2 rings (SSSR count). The zero-order chi connectivity index (χ0) is 13.9. The molecule has 0 radical (unpaired) electrons. The van der Waals surface area contributed by atoms with E-state index in [2.05, 4.69) is 17.1 Å². The SMILES string of the molecule is CCN(Cc1c(F)cccc1F)CC1(C)CCNC1.Cl. The van der Waals surface area contributed by atoms with E-state index in [1.807, 2.05) is 6.92 Å². The summed E-state index contributed by atoms with van der Waals surface area (Å²) in [5, 5.41) is 3.35. The van der Waals surface area contributed by atoms with Crippen molar-refractivity contribution in [3.63, 3.8) is 0 Å². The molecule has 1 heterocycles. The second kappa shape index (κ2) is 7.34. The summed E-state index contributed by atoms with van der Waals surface area (Å²) in [6, 6.07) is 4.06. The first-order valence-electron chi connectivity index (χ1n) is 6.90. The van der Waals surface area contributed by atoms with Crippen LogP contribution in [0.3, 0.4) is 0 Å². The molecule has 1 N–H and O–H groups in total. The zero-order valence-corrected chi connectivity index (χ0v) is 12.9. The molecule has 0 aromatic heterocycles. The number of benzene rings is 1. The van der Waals surface area contributed by atoms with Crippen LogP contribution >= 0.6 is 12.4 Å². The summed E-state index contributed by atoms with van der Waals surface area (Å²) < 4.78 is 27.4. The summed E-state index contributed by atoms with van der Waals surface area (Å²) in [7, 11) is 0. The van der Waals surface area contributed by atoms with Crippen molar-refractivity contribution >= 4 is 12.4 Å². The van der Waals surface area contributed by atoms with Gasteiger partial charge in [0.2, 0.25) is 0 Å². The lowest BCUT2D eigenvalue weighted by molar-refractivity contribution is 0.174. The Morgan fingerprint density at radius 2 is 1.95 bits per heavy atom. The van der Waals surface area contributed by atoms with E-state index in [0.717, 1.165) is 32.6 Å². The van der Waals surface area contributed by atoms with Crippen LogP contribution in [0.25, 0.3) is 0 Å². The molecule has 114 valence electrons. The van der Waals surface area contributed by atoms with Crippen LogP contribution in [0.15, 0.2) is 18.2 Å². The molecule has 2 nitrogen and oxygen atoms in total. The normalized spacial score (nSPS) is 22.1. The number of halogens is 3. The van der Waals surface area contributed by atoms with E-state index < -0.39 is 11.6 Å². The molecule has 1 atom stereocenters. The molecule has 0 aliphatic carbocycles. The topological polar surface area (TPSA) is 15.3 Å². The van der Waals surface area contributed by atoms with Crippen molar-refractivity contribution in [1.29, 1.82) is 0 Å². The van der Waals surface area contributed by atoms with Crippen LogP contribution in [0.1, 0.15) is 25.8 Å². The van der Waals surface area contributed by atoms with Crippen molar-refractivity contribution in [3.05, 3.63) is 35.4 Å². The molecule has 0 spiro atoms. The van der Waals surface area contributed by atoms with Crippen molar-refractivity contribution in [2.45, 2.75) is 26.8 Å². The van der Waals surface area contributed by atoms with Gasteiger partial charge in [-0.2, -0.15) is 0 Å². The molecule has 1 aliphatic heterocycles. The van der Waals surface area contributed by atoms with Crippen LogP contribution in [0.2, 0.25) is 0 Å². The maximum atomic E-state index is 13.7. The number of hydrogen-bond donors (Lipinski definition) is 1. The van der Waals surface area contributed by atoms with Gasteiger partial charge >= 0.3 is 0 Å². The third-order valence-corrected chi connectivity index (χ3v) is 3.95. The fraction of sp³-hybridized carbons (Fsp3) is 0.600. The van der Waals surface area contributed by atoms with E-state index in [1.165, 1.54) is 18.2 Å². The predicted octanol–water partition coefficient (Wildman–Crippen LogP) is 3.21. The lowest BCUT2D eigenvalue weighted by Gasteiger charge is -2.31. The van der Waals surface area contributed by atoms with Crippen LogP contribution in [0.4, 0.5) is 8.78 Å². The number of hydrogen-bond acceptors (Lipinski definition) is 2. The number of nitrogens with one attached hydrogen (secondary N) is 1. The molecule has 0 bridgehead atoms. The summed E-state index contributed by atoms with van der Waals surface area (Å²) in [4.78, 5) is 2.12. The van der Waals surface area contributed by atoms with Gasteiger partial charge in [-0.3, -0.25) is 4.90 Å². The van der Waals surface area contributed by atoms with Gasteiger partial charge < -0.3 is 5.32 Å². The zero-order valence-electron chi connectivity index (χ0n) is 12.1. The quantitative estimate of drug-likeness (QED) is 0.898. The fourth-order valence-corrected chi connectivity index (χ4v) is 2.73. The van der Waals surface area contributed by atoms with Crippen molar-refractivity contribution in [2.75, 3.05) is 26.2 Å². The molecule has 1 unspecified atom stereocenters. The monoisotopic (exact) mass is 304 g/mol. The molecule has 20 heavy (non-hydrogen) atoms. The predicted molar refractivity (Wildman–Crippen MR) is 80.2 cm³/mol. The third-order valence-electron chi connectivity index (χ3n) is 3.95. The standard InChI is InChI=1S/C15H22F2N2.ClH/c1-3-19(11-15(2)7-8-18-10-15)9-12-13(16)5-4-6-14(12)17;/h4-6,18H,3,7-11H2,1-2H3;1H. The molecular formula is C15H23ClF2N2. The maximum Gasteiger partial charge on any atom is 0.130 e. The van der Waals surface area contributed by atoms with Gasteiger partial charge in [-0.1, -0.05) is 19.9 Å². The average Bonchev–Trinajstić information content (AvgIpc) is 2.79. The van der Waals surface area contributed by atoms with Gasteiger partial charge in [0, 0.05) is 25.2 Å². The molecule has 5 heteroatoms. The largest absolute Gasteiger partial charge is 0.316 e. The second-order valence-electron chi connectivity index (χ2n) is 5.74. The molecule has 0 amide bonds. The molecule has 1 aromatic rings. The first-order chi connectivity index (χ1) is 9.04. The Morgan fingerprint density at radius 1 is 1.30 bits per heavy atom. The summed E-state index contributed by atoms with van der Waals surface area (Å²) >= 11 is 0. The molecule has 1 aromatic carbocycles.